The van der Waals surface area contributed by atoms with Crippen LogP contribution in [0.1, 0.15) is 49.4 Å². The van der Waals surface area contributed by atoms with Crippen molar-refractivity contribution in [3.05, 3.63) is 70.0 Å². The first-order valence-corrected chi connectivity index (χ1v) is 7.69. The van der Waals surface area contributed by atoms with Gasteiger partial charge in [-0.3, -0.25) is 0 Å². The maximum Gasteiger partial charge on any atom is 0.128 e. The molecule has 0 aliphatic rings. The van der Waals surface area contributed by atoms with Gasteiger partial charge in [0.1, 0.15) is 5.82 Å². The number of hydrogen-bond donors (Lipinski definition) is 1. The average molecular weight is 306 g/mol. The van der Waals surface area contributed by atoms with Crippen molar-refractivity contribution < 1.29 is 4.39 Å². The Morgan fingerprint density at radius 1 is 1.05 bits per heavy atom. The minimum Gasteiger partial charge on any atom is -0.306 e. The first-order valence-electron chi connectivity index (χ1n) is 7.31. The molecule has 0 saturated carbocycles. The van der Waals surface area contributed by atoms with Gasteiger partial charge in [-0.25, -0.2) is 4.39 Å². The molecular formula is C18H21ClFN. The molecule has 1 nitrogen and oxygen atoms in total. The van der Waals surface area contributed by atoms with Gasteiger partial charge in [0.25, 0.3) is 0 Å². The van der Waals surface area contributed by atoms with E-state index in [0.717, 1.165) is 12.1 Å². The van der Waals surface area contributed by atoms with Gasteiger partial charge in [0, 0.05) is 10.6 Å². The second kappa shape index (κ2) is 7.06. The highest BCUT2D eigenvalue weighted by atomic mass is 35.5. The summed E-state index contributed by atoms with van der Waals surface area (Å²) in [5.74, 6) is 0.248. The summed E-state index contributed by atoms with van der Waals surface area (Å²) >= 11 is 6.02. The Labute approximate surface area is 131 Å². The first-order chi connectivity index (χ1) is 10.0. The maximum atomic E-state index is 14.1. The predicted octanol–water partition coefficient (Wildman–Crippen LogP) is 5.30. The molecule has 0 spiro atoms. The van der Waals surface area contributed by atoms with Gasteiger partial charge in [-0.1, -0.05) is 56.6 Å². The topological polar surface area (TPSA) is 12.0 Å². The van der Waals surface area contributed by atoms with E-state index in [1.807, 2.05) is 6.92 Å². The molecule has 0 heterocycles. The fraction of sp³-hybridized carbons (Fsp3) is 0.333. The lowest BCUT2D eigenvalue weighted by Crippen LogP contribution is -2.23. The van der Waals surface area contributed by atoms with E-state index >= 15 is 0 Å². The zero-order valence-electron chi connectivity index (χ0n) is 12.7. The van der Waals surface area contributed by atoms with Crippen molar-refractivity contribution >= 4 is 11.6 Å². The highest BCUT2D eigenvalue weighted by molar-refractivity contribution is 6.30. The molecule has 0 radical (unpaired) electrons. The zero-order chi connectivity index (χ0) is 15.4. The molecule has 0 bridgehead atoms. The predicted molar refractivity (Wildman–Crippen MR) is 87.5 cm³/mol. The van der Waals surface area contributed by atoms with E-state index in [2.05, 4.69) is 43.4 Å². The largest absolute Gasteiger partial charge is 0.306 e. The summed E-state index contributed by atoms with van der Waals surface area (Å²) < 4.78 is 14.1. The lowest BCUT2D eigenvalue weighted by Gasteiger charge is -2.20. The van der Waals surface area contributed by atoms with Crippen molar-refractivity contribution in [1.29, 1.82) is 0 Å². The minimum absolute atomic E-state index is 0.185. The molecule has 3 heteroatoms. The van der Waals surface area contributed by atoms with Crippen LogP contribution in [0.3, 0.4) is 0 Å². The van der Waals surface area contributed by atoms with Gasteiger partial charge >= 0.3 is 0 Å². The second-order valence-corrected chi connectivity index (χ2v) is 5.91. The van der Waals surface area contributed by atoms with Crippen LogP contribution in [0.5, 0.6) is 0 Å². The summed E-state index contributed by atoms with van der Waals surface area (Å²) in [4.78, 5) is 0. The van der Waals surface area contributed by atoms with Crippen LogP contribution in [0.15, 0.2) is 42.5 Å². The van der Waals surface area contributed by atoms with Crippen LogP contribution >= 0.6 is 11.6 Å². The van der Waals surface area contributed by atoms with Crippen molar-refractivity contribution in [2.24, 2.45) is 0 Å². The van der Waals surface area contributed by atoms with Gasteiger partial charge in [0.05, 0.1) is 6.04 Å². The van der Waals surface area contributed by atoms with Crippen LogP contribution in [-0.4, -0.2) is 6.54 Å². The SMILES string of the molecule is CCNC(c1ccc(C(C)C)cc1)c1cc(Cl)ccc1F. The normalized spacial score (nSPS) is 12.7. The van der Waals surface area contributed by atoms with Crippen molar-refractivity contribution in [2.75, 3.05) is 6.54 Å². The minimum atomic E-state index is -0.238. The second-order valence-electron chi connectivity index (χ2n) is 5.48. The van der Waals surface area contributed by atoms with E-state index in [1.165, 1.54) is 11.6 Å². The van der Waals surface area contributed by atoms with Gasteiger partial charge in [-0.2, -0.15) is 0 Å². The summed E-state index contributed by atoms with van der Waals surface area (Å²) in [6.45, 7) is 7.08. The van der Waals surface area contributed by atoms with Crippen LogP contribution in [-0.2, 0) is 0 Å². The van der Waals surface area contributed by atoms with E-state index < -0.39 is 0 Å². The van der Waals surface area contributed by atoms with Crippen molar-refractivity contribution in [2.45, 2.75) is 32.7 Å². The lowest BCUT2D eigenvalue weighted by atomic mass is 9.95. The van der Waals surface area contributed by atoms with Crippen molar-refractivity contribution in [3.8, 4) is 0 Å². The van der Waals surface area contributed by atoms with E-state index in [0.29, 0.717) is 16.5 Å². The smallest absolute Gasteiger partial charge is 0.128 e. The van der Waals surface area contributed by atoms with E-state index in [-0.39, 0.29) is 11.9 Å². The Hall–Kier alpha value is -1.38. The van der Waals surface area contributed by atoms with Gasteiger partial charge < -0.3 is 5.32 Å². The summed E-state index contributed by atoms with van der Waals surface area (Å²) in [7, 11) is 0. The highest BCUT2D eigenvalue weighted by Gasteiger charge is 2.17. The molecule has 0 aliphatic carbocycles. The molecule has 0 aliphatic heterocycles. The Balaban J connectivity index is 2.40. The van der Waals surface area contributed by atoms with Crippen LogP contribution in [0.2, 0.25) is 5.02 Å². The molecule has 0 aromatic heterocycles. The maximum absolute atomic E-state index is 14.1. The molecule has 2 rings (SSSR count). The third kappa shape index (κ3) is 3.84. The van der Waals surface area contributed by atoms with Crippen molar-refractivity contribution in [1.82, 2.24) is 5.32 Å². The standard InChI is InChI=1S/C18H21ClFN/c1-4-21-18(16-11-15(19)9-10-17(16)20)14-7-5-13(6-8-14)12(2)3/h5-12,18,21H,4H2,1-3H3. The molecule has 112 valence electrons. The van der Waals surface area contributed by atoms with Crippen LogP contribution in [0, 0.1) is 5.82 Å². The molecule has 21 heavy (non-hydrogen) atoms. The highest BCUT2D eigenvalue weighted by Crippen LogP contribution is 2.28. The average Bonchev–Trinajstić information content (AvgIpc) is 2.48. The molecule has 2 aromatic carbocycles. The molecule has 0 fully saturated rings. The Bertz CT molecular complexity index is 593. The van der Waals surface area contributed by atoms with Gasteiger partial charge in [0.2, 0.25) is 0 Å². The van der Waals surface area contributed by atoms with E-state index in [9.17, 15) is 4.39 Å². The van der Waals surface area contributed by atoms with Crippen molar-refractivity contribution in [3.63, 3.8) is 0 Å². The van der Waals surface area contributed by atoms with Crippen LogP contribution in [0.25, 0.3) is 0 Å². The molecular weight excluding hydrogens is 285 g/mol. The van der Waals surface area contributed by atoms with Gasteiger partial charge in [-0.15, -0.1) is 0 Å². The Kier molecular flexibility index (Phi) is 5.38. The fourth-order valence-electron chi connectivity index (χ4n) is 2.42. The summed E-state index contributed by atoms with van der Waals surface area (Å²) in [5.41, 5.74) is 2.91. The molecule has 1 N–H and O–H groups in total. The number of halogens is 2. The van der Waals surface area contributed by atoms with Crippen LogP contribution in [0.4, 0.5) is 4.39 Å². The lowest BCUT2D eigenvalue weighted by molar-refractivity contribution is 0.559. The molecule has 1 atom stereocenters. The van der Waals surface area contributed by atoms with Crippen LogP contribution < -0.4 is 5.32 Å². The summed E-state index contributed by atoms with van der Waals surface area (Å²) in [6, 6.07) is 12.8. The molecule has 1 unspecified atom stereocenters. The fourth-order valence-corrected chi connectivity index (χ4v) is 2.60. The number of nitrogens with one attached hydrogen (secondary N) is 1. The van der Waals surface area contributed by atoms with Gasteiger partial charge in [0.15, 0.2) is 0 Å². The Morgan fingerprint density at radius 3 is 2.24 bits per heavy atom. The third-order valence-corrected chi connectivity index (χ3v) is 3.85. The zero-order valence-corrected chi connectivity index (χ0v) is 13.4. The monoisotopic (exact) mass is 305 g/mol. The third-order valence-electron chi connectivity index (χ3n) is 3.61. The summed E-state index contributed by atoms with van der Waals surface area (Å²) in [6.07, 6.45) is 0. The van der Waals surface area contributed by atoms with E-state index in [4.69, 9.17) is 11.6 Å². The molecule has 0 amide bonds. The number of benzene rings is 2. The van der Waals surface area contributed by atoms with E-state index in [1.54, 1.807) is 12.1 Å². The summed E-state index contributed by atoms with van der Waals surface area (Å²) in [5, 5.41) is 3.88. The number of hydrogen-bond acceptors (Lipinski definition) is 1. The Morgan fingerprint density at radius 2 is 1.67 bits per heavy atom. The van der Waals surface area contributed by atoms with Gasteiger partial charge in [-0.05, 0) is 41.8 Å². The first kappa shape index (κ1) is 16.0. The molecule has 0 saturated heterocycles. The number of rotatable bonds is 5. The molecule has 2 aromatic rings. The quantitative estimate of drug-likeness (QED) is 0.790.